The Hall–Kier alpha value is 1.52. The molecular formula is C9H21Cl2CoP. The van der Waals surface area contributed by atoms with E-state index in [-0.39, 0.29) is 0 Å². The van der Waals surface area contributed by atoms with Gasteiger partial charge in [-0.3, -0.25) is 0 Å². The van der Waals surface area contributed by atoms with Crippen LogP contribution in [-0.2, 0) is 12.9 Å². The molecule has 0 amide bonds. The normalized spacial score (nSPS) is 10.0. The van der Waals surface area contributed by atoms with Gasteiger partial charge in [-0.1, -0.05) is 40.0 Å². The molecule has 0 aromatic rings. The molecule has 0 saturated heterocycles. The Morgan fingerprint density at radius 1 is 0.846 bits per heavy atom. The number of hydrogen-bond acceptors (Lipinski definition) is 0. The number of rotatable bonds is 6. The van der Waals surface area contributed by atoms with Gasteiger partial charge in [0.2, 0.25) is 0 Å². The number of halogens is 2. The van der Waals surface area contributed by atoms with E-state index < -0.39 is 0 Å². The van der Waals surface area contributed by atoms with Gasteiger partial charge >= 0.3 is 33.2 Å². The average molecular weight is 290 g/mol. The van der Waals surface area contributed by atoms with E-state index in [0.717, 1.165) is 0 Å². The first-order valence-electron chi connectivity index (χ1n) is 4.82. The van der Waals surface area contributed by atoms with Crippen molar-refractivity contribution in [2.45, 2.75) is 40.0 Å². The van der Waals surface area contributed by atoms with Crippen LogP contribution in [0.15, 0.2) is 0 Å². The Morgan fingerprint density at radius 2 is 1.08 bits per heavy atom. The maximum atomic E-state index is 4.73. The quantitative estimate of drug-likeness (QED) is 0.599. The molecule has 13 heavy (non-hydrogen) atoms. The van der Waals surface area contributed by atoms with Gasteiger partial charge in [0.15, 0.2) is 0 Å². The summed E-state index contributed by atoms with van der Waals surface area (Å²) in [6.45, 7) is 6.92. The van der Waals surface area contributed by atoms with Gasteiger partial charge in [-0.15, -0.1) is 7.92 Å². The van der Waals surface area contributed by atoms with Crippen molar-refractivity contribution in [1.29, 1.82) is 0 Å². The zero-order chi connectivity index (χ0) is 10.5. The molecule has 0 spiro atoms. The Balaban J connectivity index is 0. The maximum absolute atomic E-state index is 4.73. The molecule has 0 bridgehead atoms. The summed E-state index contributed by atoms with van der Waals surface area (Å²) < 4.78 is 0. The summed E-state index contributed by atoms with van der Waals surface area (Å²) in [6.07, 6.45) is 8.72. The molecule has 85 valence electrons. The van der Waals surface area contributed by atoms with Gasteiger partial charge in [0.05, 0.1) is 0 Å². The summed E-state index contributed by atoms with van der Waals surface area (Å²) in [7, 11) is 9.90. The Labute approximate surface area is 99.4 Å². The van der Waals surface area contributed by atoms with Crippen molar-refractivity contribution >= 4 is 28.2 Å². The summed E-state index contributed by atoms with van der Waals surface area (Å²) in [5.74, 6) is 0. The van der Waals surface area contributed by atoms with Crippen molar-refractivity contribution in [1.82, 2.24) is 0 Å². The molecule has 0 atom stereocenters. The Morgan fingerprint density at radius 3 is 1.23 bits per heavy atom. The Bertz CT molecular complexity index is 69.8. The molecule has 0 radical (unpaired) electrons. The summed E-state index contributed by atoms with van der Waals surface area (Å²) in [5.41, 5.74) is 0. The van der Waals surface area contributed by atoms with Crippen LogP contribution in [0.1, 0.15) is 40.0 Å². The van der Waals surface area contributed by atoms with E-state index in [0.29, 0.717) is 20.8 Å². The fourth-order valence-electron chi connectivity index (χ4n) is 1.28. The summed E-state index contributed by atoms with van der Waals surface area (Å²) in [4.78, 5) is 0. The van der Waals surface area contributed by atoms with Gasteiger partial charge in [-0.05, 0) is 18.5 Å². The van der Waals surface area contributed by atoms with Gasteiger partial charge in [0.1, 0.15) is 0 Å². The van der Waals surface area contributed by atoms with Gasteiger partial charge in [0, 0.05) is 0 Å². The first kappa shape index (κ1) is 16.9. The van der Waals surface area contributed by atoms with E-state index in [2.05, 4.69) is 20.8 Å². The number of hydrogen-bond donors (Lipinski definition) is 0. The molecule has 4 heteroatoms. The predicted octanol–water partition coefficient (Wildman–Crippen LogP) is 5.07. The molecule has 0 nitrogen and oxygen atoms in total. The summed E-state index contributed by atoms with van der Waals surface area (Å²) in [5, 5.41) is 0. The van der Waals surface area contributed by atoms with Crippen LogP contribution in [0.5, 0.6) is 0 Å². The van der Waals surface area contributed by atoms with Gasteiger partial charge < -0.3 is 0 Å². The van der Waals surface area contributed by atoms with Crippen molar-refractivity contribution in [2.75, 3.05) is 18.5 Å². The fourth-order valence-corrected chi connectivity index (χ4v) is 3.85. The summed E-state index contributed by atoms with van der Waals surface area (Å²) in [6, 6.07) is 0. The molecule has 0 aromatic heterocycles. The standard InChI is InChI=1S/C9H21P.2ClH.Co/c1-4-7-10(8-5-2)9-6-3;;;/h4-9H2,1-3H3;2*1H;/q;;;+2/p-2. The van der Waals surface area contributed by atoms with Crippen LogP contribution in [-0.4, -0.2) is 18.5 Å². The molecule has 0 fully saturated rings. The molecule has 0 unspecified atom stereocenters. The van der Waals surface area contributed by atoms with Crippen molar-refractivity contribution in [3.05, 3.63) is 0 Å². The Kier molecular flexibility index (Phi) is 20.8. The predicted molar refractivity (Wildman–Crippen MR) is 64.1 cm³/mol. The minimum atomic E-state index is 0.382. The average Bonchev–Trinajstić information content (AvgIpc) is 2.07. The van der Waals surface area contributed by atoms with Crippen molar-refractivity contribution in [3.63, 3.8) is 0 Å². The molecule has 0 aliphatic heterocycles. The minimum absolute atomic E-state index is 0.382. The van der Waals surface area contributed by atoms with Crippen molar-refractivity contribution < 1.29 is 12.9 Å². The van der Waals surface area contributed by atoms with Crippen LogP contribution in [0.2, 0.25) is 0 Å². The molecular weight excluding hydrogens is 269 g/mol. The van der Waals surface area contributed by atoms with Gasteiger partial charge in [-0.2, -0.15) is 0 Å². The van der Waals surface area contributed by atoms with Gasteiger partial charge in [0.25, 0.3) is 0 Å². The van der Waals surface area contributed by atoms with Crippen LogP contribution >= 0.6 is 28.2 Å². The van der Waals surface area contributed by atoms with E-state index in [1.165, 1.54) is 37.7 Å². The summed E-state index contributed by atoms with van der Waals surface area (Å²) >= 11 is 0.382. The van der Waals surface area contributed by atoms with Crippen LogP contribution in [0.3, 0.4) is 0 Å². The van der Waals surface area contributed by atoms with E-state index in [9.17, 15) is 0 Å². The van der Waals surface area contributed by atoms with E-state index in [1.54, 1.807) is 0 Å². The van der Waals surface area contributed by atoms with Crippen LogP contribution in [0.25, 0.3) is 0 Å². The molecule has 0 saturated carbocycles. The zero-order valence-corrected chi connectivity index (χ0v) is 12.2. The zero-order valence-electron chi connectivity index (χ0n) is 8.78. The molecule has 0 aliphatic rings. The third-order valence-electron chi connectivity index (χ3n) is 1.62. The van der Waals surface area contributed by atoms with Crippen LogP contribution < -0.4 is 0 Å². The third kappa shape index (κ3) is 16.2. The fraction of sp³-hybridized carbons (Fsp3) is 1.00. The molecule has 0 heterocycles. The molecule has 0 aliphatic carbocycles. The first-order valence-corrected chi connectivity index (χ1v) is 9.58. The second kappa shape index (κ2) is 16.0. The second-order valence-corrected chi connectivity index (χ2v) is 7.29. The van der Waals surface area contributed by atoms with Crippen LogP contribution in [0.4, 0.5) is 0 Å². The second-order valence-electron chi connectivity index (χ2n) is 2.89. The monoisotopic (exact) mass is 289 g/mol. The van der Waals surface area contributed by atoms with E-state index in [4.69, 9.17) is 20.3 Å². The third-order valence-corrected chi connectivity index (χ3v) is 4.86. The molecule has 0 N–H and O–H groups in total. The SMILES string of the molecule is CCCP(CCC)CCC.[Cl][Co][Cl]. The van der Waals surface area contributed by atoms with Crippen molar-refractivity contribution in [2.24, 2.45) is 0 Å². The molecule has 0 rings (SSSR count). The van der Waals surface area contributed by atoms with Gasteiger partial charge in [-0.25, -0.2) is 0 Å². The molecule has 0 aromatic carbocycles. The topological polar surface area (TPSA) is 0 Å². The van der Waals surface area contributed by atoms with E-state index in [1.807, 2.05) is 0 Å². The van der Waals surface area contributed by atoms with Crippen molar-refractivity contribution in [3.8, 4) is 0 Å². The van der Waals surface area contributed by atoms with E-state index >= 15 is 0 Å². The van der Waals surface area contributed by atoms with Crippen LogP contribution in [0, 0.1) is 0 Å². The first-order chi connectivity index (χ1) is 6.26.